The molecule has 0 aliphatic carbocycles. The highest BCUT2D eigenvalue weighted by Crippen LogP contribution is 2.24. The van der Waals surface area contributed by atoms with Crippen molar-refractivity contribution in [2.75, 3.05) is 5.73 Å². The van der Waals surface area contributed by atoms with E-state index in [9.17, 15) is 5.11 Å². The summed E-state index contributed by atoms with van der Waals surface area (Å²) in [7, 11) is 0. The fraction of sp³-hybridized carbons (Fsp3) is 0.100. The van der Waals surface area contributed by atoms with Crippen LogP contribution < -0.4 is 5.73 Å². The van der Waals surface area contributed by atoms with Crippen molar-refractivity contribution < 1.29 is 5.11 Å². The van der Waals surface area contributed by atoms with Gasteiger partial charge in [-0.2, -0.15) is 0 Å². The van der Waals surface area contributed by atoms with Gasteiger partial charge in [0.25, 0.3) is 0 Å². The van der Waals surface area contributed by atoms with Gasteiger partial charge < -0.3 is 10.8 Å². The number of hydrogen-bond acceptors (Lipinski definition) is 7. The smallest absolute Gasteiger partial charge is 0.174 e. The van der Waals surface area contributed by atoms with Crippen LogP contribution in [0.2, 0.25) is 0 Å². The molecular formula is C20H15N5OS. The van der Waals surface area contributed by atoms with Crippen molar-refractivity contribution >= 4 is 28.2 Å². The SMILES string of the molecule is CC(O)(C#Cc1cccc(-c2ccc3ncnc(N)c3n2)c1)c1nccs1. The molecule has 3 N–H and O–H groups in total. The van der Waals surface area contributed by atoms with Gasteiger partial charge in [0.05, 0.1) is 11.2 Å². The monoisotopic (exact) mass is 373 g/mol. The summed E-state index contributed by atoms with van der Waals surface area (Å²) in [5, 5.41) is 12.9. The van der Waals surface area contributed by atoms with Gasteiger partial charge >= 0.3 is 0 Å². The van der Waals surface area contributed by atoms with Crippen molar-refractivity contribution in [2.45, 2.75) is 12.5 Å². The molecule has 3 aromatic heterocycles. The van der Waals surface area contributed by atoms with Gasteiger partial charge in [-0.15, -0.1) is 11.3 Å². The molecule has 7 heteroatoms. The molecule has 132 valence electrons. The molecule has 0 aliphatic rings. The minimum atomic E-state index is -1.29. The lowest BCUT2D eigenvalue weighted by molar-refractivity contribution is 0.122. The van der Waals surface area contributed by atoms with Crippen LogP contribution in [0.4, 0.5) is 5.82 Å². The standard InChI is InChI=1S/C20H15N5OS/c1-20(26,19-22-9-10-27-19)8-7-13-3-2-4-14(11-13)15-5-6-16-17(25-15)18(21)24-12-23-16/h2-6,9-12,26H,1H3,(H2,21,23,24). The normalized spacial score (nSPS) is 13.0. The van der Waals surface area contributed by atoms with Crippen LogP contribution in [0.5, 0.6) is 0 Å². The second kappa shape index (κ2) is 6.76. The maximum atomic E-state index is 10.5. The molecule has 0 fully saturated rings. The molecule has 1 aromatic carbocycles. The van der Waals surface area contributed by atoms with Gasteiger partial charge in [-0.05, 0) is 31.2 Å². The van der Waals surface area contributed by atoms with E-state index in [1.54, 1.807) is 13.1 Å². The number of anilines is 1. The van der Waals surface area contributed by atoms with Crippen LogP contribution in [0.1, 0.15) is 17.5 Å². The van der Waals surface area contributed by atoms with E-state index in [0.29, 0.717) is 21.9 Å². The van der Waals surface area contributed by atoms with Gasteiger partial charge in [-0.3, -0.25) is 0 Å². The molecular weight excluding hydrogens is 358 g/mol. The van der Waals surface area contributed by atoms with Gasteiger partial charge in [0.15, 0.2) is 11.4 Å². The number of nitrogen functional groups attached to an aromatic ring is 1. The van der Waals surface area contributed by atoms with E-state index in [1.165, 1.54) is 17.7 Å². The van der Waals surface area contributed by atoms with Crippen LogP contribution in [0, 0.1) is 11.8 Å². The number of aliphatic hydroxyl groups is 1. The molecule has 1 unspecified atom stereocenters. The summed E-state index contributed by atoms with van der Waals surface area (Å²) in [4.78, 5) is 16.9. The molecule has 4 rings (SSSR count). The third-order valence-electron chi connectivity index (χ3n) is 3.97. The van der Waals surface area contributed by atoms with E-state index >= 15 is 0 Å². The first-order valence-corrected chi connectivity index (χ1v) is 9.04. The minimum absolute atomic E-state index is 0.345. The summed E-state index contributed by atoms with van der Waals surface area (Å²) in [6, 6.07) is 11.4. The number of fused-ring (bicyclic) bond motifs is 1. The molecule has 1 atom stereocenters. The molecule has 27 heavy (non-hydrogen) atoms. The molecule has 0 bridgehead atoms. The summed E-state index contributed by atoms with van der Waals surface area (Å²) in [6.45, 7) is 1.64. The van der Waals surface area contributed by atoms with E-state index in [-0.39, 0.29) is 0 Å². The molecule has 0 spiro atoms. The number of nitrogens with two attached hydrogens (primary N) is 1. The predicted molar refractivity (Wildman–Crippen MR) is 106 cm³/mol. The van der Waals surface area contributed by atoms with Gasteiger partial charge in [0.1, 0.15) is 16.9 Å². The minimum Gasteiger partial charge on any atom is -0.382 e. The van der Waals surface area contributed by atoms with Crippen molar-refractivity contribution in [2.24, 2.45) is 0 Å². The Hall–Kier alpha value is -3.34. The number of nitrogens with zero attached hydrogens (tertiary/aromatic N) is 4. The van der Waals surface area contributed by atoms with E-state index in [1.807, 2.05) is 41.8 Å². The first-order valence-electron chi connectivity index (χ1n) is 8.16. The summed E-state index contributed by atoms with van der Waals surface area (Å²) in [6.07, 6.45) is 3.07. The zero-order valence-corrected chi connectivity index (χ0v) is 15.2. The zero-order valence-electron chi connectivity index (χ0n) is 14.4. The largest absolute Gasteiger partial charge is 0.382 e. The Bertz CT molecular complexity index is 1180. The lowest BCUT2D eigenvalue weighted by atomic mass is 10.1. The average Bonchev–Trinajstić information content (AvgIpc) is 3.23. The molecule has 0 saturated heterocycles. The Balaban J connectivity index is 1.70. The number of aromatic nitrogens is 4. The highest BCUT2D eigenvalue weighted by Gasteiger charge is 2.22. The topological polar surface area (TPSA) is 97.8 Å². The maximum Gasteiger partial charge on any atom is 0.174 e. The summed E-state index contributed by atoms with van der Waals surface area (Å²) in [5.74, 6) is 6.25. The second-order valence-corrected chi connectivity index (χ2v) is 6.96. The first-order chi connectivity index (χ1) is 13.0. The van der Waals surface area contributed by atoms with E-state index in [0.717, 1.165) is 16.8 Å². The molecule has 3 heterocycles. The average molecular weight is 373 g/mol. The first kappa shape index (κ1) is 17.1. The molecule has 0 saturated carbocycles. The van der Waals surface area contributed by atoms with Crippen molar-refractivity contribution in [3.05, 3.63) is 64.9 Å². The quantitative estimate of drug-likeness (QED) is 0.524. The Morgan fingerprint density at radius 2 is 2.04 bits per heavy atom. The van der Waals surface area contributed by atoms with Crippen LogP contribution in [-0.2, 0) is 5.60 Å². The fourth-order valence-electron chi connectivity index (χ4n) is 2.59. The third-order valence-corrected chi connectivity index (χ3v) is 4.95. The number of rotatable bonds is 2. The fourth-order valence-corrected chi connectivity index (χ4v) is 3.24. The Morgan fingerprint density at radius 3 is 2.85 bits per heavy atom. The predicted octanol–water partition coefficient (Wildman–Crippen LogP) is 2.99. The van der Waals surface area contributed by atoms with Gasteiger partial charge in [-0.1, -0.05) is 24.0 Å². The van der Waals surface area contributed by atoms with E-state index in [2.05, 4.69) is 31.8 Å². The third kappa shape index (κ3) is 3.49. The van der Waals surface area contributed by atoms with Gasteiger partial charge in [-0.25, -0.2) is 19.9 Å². The summed E-state index contributed by atoms with van der Waals surface area (Å²) >= 11 is 1.37. The van der Waals surface area contributed by atoms with Crippen LogP contribution in [0.15, 0.2) is 54.3 Å². The lowest BCUT2D eigenvalue weighted by Gasteiger charge is -2.12. The molecule has 0 aliphatic heterocycles. The Morgan fingerprint density at radius 1 is 1.15 bits per heavy atom. The van der Waals surface area contributed by atoms with Crippen LogP contribution >= 0.6 is 11.3 Å². The summed E-state index contributed by atoms with van der Waals surface area (Å²) < 4.78 is 0. The van der Waals surface area contributed by atoms with Crippen molar-refractivity contribution in [1.82, 2.24) is 19.9 Å². The Labute approximate surface area is 159 Å². The second-order valence-electron chi connectivity index (χ2n) is 6.06. The van der Waals surface area contributed by atoms with Crippen molar-refractivity contribution in [3.8, 4) is 23.1 Å². The highest BCUT2D eigenvalue weighted by molar-refractivity contribution is 7.09. The van der Waals surface area contributed by atoms with Crippen LogP contribution in [-0.4, -0.2) is 25.0 Å². The maximum absolute atomic E-state index is 10.5. The zero-order chi connectivity index (χ0) is 18.9. The van der Waals surface area contributed by atoms with Gasteiger partial charge in [0, 0.05) is 22.7 Å². The summed E-state index contributed by atoms with van der Waals surface area (Å²) in [5.41, 5.74) is 8.28. The molecule has 0 radical (unpaired) electrons. The van der Waals surface area contributed by atoms with Gasteiger partial charge in [0.2, 0.25) is 0 Å². The van der Waals surface area contributed by atoms with E-state index < -0.39 is 5.60 Å². The Kier molecular flexibility index (Phi) is 4.28. The number of hydrogen-bond donors (Lipinski definition) is 2. The van der Waals surface area contributed by atoms with Crippen molar-refractivity contribution in [3.63, 3.8) is 0 Å². The molecule has 6 nitrogen and oxygen atoms in total. The van der Waals surface area contributed by atoms with Crippen LogP contribution in [0.3, 0.4) is 0 Å². The van der Waals surface area contributed by atoms with Crippen LogP contribution in [0.25, 0.3) is 22.3 Å². The highest BCUT2D eigenvalue weighted by atomic mass is 32.1. The number of thiazole rings is 1. The van der Waals surface area contributed by atoms with Crippen molar-refractivity contribution in [1.29, 1.82) is 0 Å². The number of pyridine rings is 1. The molecule has 4 aromatic rings. The lowest BCUT2D eigenvalue weighted by Crippen LogP contribution is -2.17. The molecule has 0 amide bonds. The van der Waals surface area contributed by atoms with E-state index in [4.69, 9.17) is 5.73 Å². The number of benzene rings is 1.